The van der Waals surface area contributed by atoms with Crippen LogP contribution in [0.4, 0.5) is 20.2 Å². The minimum absolute atomic E-state index is 0.00237. The van der Waals surface area contributed by atoms with Crippen LogP contribution in [0.3, 0.4) is 0 Å². The van der Waals surface area contributed by atoms with Crippen LogP contribution in [0.5, 0.6) is 0 Å². The van der Waals surface area contributed by atoms with Crippen LogP contribution in [0.2, 0.25) is 0 Å². The predicted octanol–water partition coefficient (Wildman–Crippen LogP) is 4.48. The lowest BCUT2D eigenvalue weighted by Gasteiger charge is -2.10. The van der Waals surface area contributed by atoms with Crippen molar-refractivity contribution < 1.29 is 18.4 Å². The number of para-hydroxylation sites is 1. The molecule has 3 aromatic rings. The first-order valence-corrected chi connectivity index (χ1v) is 8.45. The van der Waals surface area contributed by atoms with Crippen molar-refractivity contribution in [3.05, 3.63) is 88.7 Å². The molecule has 28 heavy (non-hydrogen) atoms. The van der Waals surface area contributed by atoms with Crippen LogP contribution in [0.15, 0.2) is 54.7 Å². The Balaban J connectivity index is 1.80. The summed E-state index contributed by atoms with van der Waals surface area (Å²) in [5, 5.41) is 4.93. The summed E-state index contributed by atoms with van der Waals surface area (Å²) in [4.78, 5) is 28.8. The molecule has 0 bridgehead atoms. The number of anilines is 2. The monoisotopic (exact) mass is 381 g/mol. The maximum Gasteiger partial charge on any atom is 0.274 e. The molecule has 0 saturated carbocycles. The standard InChI is InChI=1S/C21H17F2N3O2/c1-12-6-7-13(2)17(10-12)25-21(28)18-11-14(8-9-24-18)20(27)26-19-15(22)4-3-5-16(19)23/h3-11H,1-2H3,(H,25,28)(H,26,27). The van der Waals surface area contributed by atoms with Gasteiger partial charge in [-0.25, -0.2) is 8.78 Å². The highest BCUT2D eigenvalue weighted by molar-refractivity contribution is 6.08. The normalized spacial score (nSPS) is 10.4. The maximum absolute atomic E-state index is 13.7. The fourth-order valence-electron chi connectivity index (χ4n) is 2.56. The number of rotatable bonds is 4. The van der Waals surface area contributed by atoms with E-state index < -0.39 is 29.1 Å². The molecule has 0 saturated heterocycles. The van der Waals surface area contributed by atoms with Crippen LogP contribution in [-0.2, 0) is 0 Å². The van der Waals surface area contributed by atoms with Gasteiger partial charge in [0.25, 0.3) is 11.8 Å². The van der Waals surface area contributed by atoms with Crippen LogP contribution in [-0.4, -0.2) is 16.8 Å². The summed E-state index contributed by atoms with van der Waals surface area (Å²) in [7, 11) is 0. The summed E-state index contributed by atoms with van der Waals surface area (Å²) in [6.07, 6.45) is 1.28. The van der Waals surface area contributed by atoms with Gasteiger partial charge in [-0.2, -0.15) is 0 Å². The lowest BCUT2D eigenvalue weighted by molar-refractivity contribution is 0.102. The molecule has 0 spiro atoms. The van der Waals surface area contributed by atoms with Crippen molar-refractivity contribution in [1.82, 2.24) is 4.98 Å². The van der Waals surface area contributed by atoms with Gasteiger partial charge in [-0.05, 0) is 55.3 Å². The first-order valence-electron chi connectivity index (χ1n) is 8.45. The zero-order valence-corrected chi connectivity index (χ0v) is 15.2. The SMILES string of the molecule is Cc1ccc(C)c(NC(=O)c2cc(C(=O)Nc3c(F)cccc3F)ccn2)c1. The molecular weight excluding hydrogens is 364 g/mol. The van der Waals surface area contributed by atoms with Gasteiger partial charge in [0.1, 0.15) is 23.0 Å². The Labute approximate surface area is 160 Å². The average Bonchev–Trinajstić information content (AvgIpc) is 2.67. The molecular formula is C21H17F2N3O2. The molecule has 0 radical (unpaired) electrons. The van der Waals surface area contributed by atoms with E-state index in [1.165, 1.54) is 24.4 Å². The third kappa shape index (κ3) is 4.20. The number of nitrogens with zero attached hydrogens (tertiary/aromatic N) is 1. The van der Waals surface area contributed by atoms with E-state index in [2.05, 4.69) is 15.6 Å². The van der Waals surface area contributed by atoms with Gasteiger partial charge in [-0.1, -0.05) is 18.2 Å². The number of amides is 2. The van der Waals surface area contributed by atoms with E-state index in [1.54, 1.807) is 0 Å². The molecule has 7 heteroatoms. The summed E-state index contributed by atoms with van der Waals surface area (Å²) in [5.74, 6) is -3.04. The van der Waals surface area contributed by atoms with E-state index in [9.17, 15) is 18.4 Å². The van der Waals surface area contributed by atoms with Crippen molar-refractivity contribution in [1.29, 1.82) is 0 Å². The first-order chi connectivity index (χ1) is 13.3. The molecule has 1 aromatic heterocycles. The summed E-state index contributed by atoms with van der Waals surface area (Å²) in [6, 6.07) is 11.5. The molecule has 2 aromatic carbocycles. The zero-order valence-electron chi connectivity index (χ0n) is 15.2. The largest absolute Gasteiger partial charge is 0.320 e. The van der Waals surface area contributed by atoms with Gasteiger partial charge >= 0.3 is 0 Å². The molecule has 0 aliphatic carbocycles. The molecule has 0 unspecified atom stereocenters. The van der Waals surface area contributed by atoms with Gasteiger partial charge in [0.05, 0.1) is 0 Å². The molecule has 0 fully saturated rings. The van der Waals surface area contributed by atoms with Crippen molar-refractivity contribution >= 4 is 23.2 Å². The third-order valence-corrected chi connectivity index (χ3v) is 4.10. The third-order valence-electron chi connectivity index (χ3n) is 4.10. The van der Waals surface area contributed by atoms with Gasteiger partial charge in [0.15, 0.2) is 0 Å². The van der Waals surface area contributed by atoms with Crippen molar-refractivity contribution in [3.8, 4) is 0 Å². The molecule has 1 heterocycles. The van der Waals surface area contributed by atoms with Crippen molar-refractivity contribution in [3.63, 3.8) is 0 Å². The first kappa shape index (κ1) is 19.2. The number of hydrogen-bond donors (Lipinski definition) is 2. The second-order valence-corrected chi connectivity index (χ2v) is 6.25. The highest BCUT2D eigenvalue weighted by atomic mass is 19.1. The average molecular weight is 381 g/mol. The minimum Gasteiger partial charge on any atom is -0.320 e. The van der Waals surface area contributed by atoms with E-state index in [0.717, 1.165) is 23.3 Å². The number of aryl methyl sites for hydroxylation is 2. The zero-order chi connectivity index (χ0) is 20.3. The number of carbonyl (C=O) groups is 2. The fourth-order valence-corrected chi connectivity index (χ4v) is 2.56. The summed E-state index contributed by atoms with van der Waals surface area (Å²) < 4.78 is 27.4. The van der Waals surface area contributed by atoms with Crippen LogP contribution in [0.25, 0.3) is 0 Å². The Kier molecular flexibility index (Phi) is 5.44. The summed E-state index contributed by atoms with van der Waals surface area (Å²) in [6.45, 7) is 3.76. The second-order valence-electron chi connectivity index (χ2n) is 6.25. The van der Waals surface area contributed by atoms with E-state index in [1.807, 2.05) is 32.0 Å². The van der Waals surface area contributed by atoms with Gasteiger partial charge in [0, 0.05) is 17.4 Å². The molecule has 0 aliphatic rings. The van der Waals surface area contributed by atoms with E-state index in [-0.39, 0.29) is 11.3 Å². The molecule has 3 rings (SSSR count). The lowest BCUT2D eigenvalue weighted by Crippen LogP contribution is -2.18. The number of aromatic nitrogens is 1. The lowest BCUT2D eigenvalue weighted by atomic mass is 10.1. The highest BCUT2D eigenvalue weighted by Crippen LogP contribution is 2.20. The van der Waals surface area contributed by atoms with E-state index in [4.69, 9.17) is 0 Å². The van der Waals surface area contributed by atoms with Gasteiger partial charge in [0.2, 0.25) is 0 Å². The Morgan fingerprint density at radius 2 is 1.61 bits per heavy atom. The molecule has 5 nitrogen and oxygen atoms in total. The Bertz CT molecular complexity index is 1050. The smallest absolute Gasteiger partial charge is 0.274 e. The van der Waals surface area contributed by atoms with Crippen LogP contribution in [0, 0.1) is 25.5 Å². The number of carbonyl (C=O) groups excluding carboxylic acids is 2. The van der Waals surface area contributed by atoms with E-state index in [0.29, 0.717) is 5.69 Å². The molecule has 0 aliphatic heterocycles. The minimum atomic E-state index is -0.893. The highest BCUT2D eigenvalue weighted by Gasteiger charge is 2.16. The van der Waals surface area contributed by atoms with Crippen LogP contribution >= 0.6 is 0 Å². The number of pyridine rings is 1. The van der Waals surface area contributed by atoms with Crippen LogP contribution in [0.1, 0.15) is 32.0 Å². The Hall–Kier alpha value is -3.61. The molecule has 142 valence electrons. The van der Waals surface area contributed by atoms with Crippen molar-refractivity contribution in [2.45, 2.75) is 13.8 Å². The van der Waals surface area contributed by atoms with Gasteiger partial charge in [-0.3, -0.25) is 14.6 Å². The summed E-state index contributed by atoms with van der Waals surface area (Å²) in [5.41, 5.74) is 1.99. The Morgan fingerprint density at radius 3 is 2.32 bits per heavy atom. The quantitative estimate of drug-likeness (QED) is 0.700. The number of hydrogen-bond acceptors (Lipinski definition) is 3. The number of halogens is 2. The number of nitrogens with one attached hydrogen (secondary N) is 2. The van der Waals surface area contributed by atoms with E-state index >= 15 is 0 Å². The summed E-state index contributed by atoms with van der Waals surface area (Å²) >= 11 is 0. The fraction of sp³-hybridized carbons (Fsp3) is 0.0952. The maximum atomic E-state index is 13.7. The van der Waals surface area contributed by atoms with Gasteiger partial charge < -0.3 is 10.6 Å². The van der Waals surface area contributed by atoms with Crippen molar-refractivity contribution in [2.24, 2.45) is 0 Å². The molecule has 2 amide bonds. The van der Waals surface area contributed by atoms with Crippen LogP contribution < -0.4 is 10.6 Å². The van der Waals surface area contributed by atoms with Gasteiger partial charge in [-0.15, -0.1) is 0 Å². The number of benzene rings is 2. The predicted molar refractivity (Wildman–Crippen MR) is 102 cm³/mol. The Morgan fingerprint density at radius 1 is 0.893 bits per heavy atom. The molecule has 2 N–H and O–H groups in total. The topological polar surface area (TPSA) is 71.1 Å². The molecule has 0 atom stereocenters. The van der Waals surface area contributed by atoms with Crippen molar-refractivity contribution in [2.75, 3.05) is 10.6 Å². The second kappa shape index (κ2) is 7.96.